The Kier molecular flexibility index (Phi) is 4.11. The van der Waals surface area contributed by atoms with Crippen LogP contribution in [-0.2, 0) is 0 Å². The van der Waals surface area contributed by atoms with Crippen molar-refractivity contribution in [3.8, 4) is 0 Å². The van der Waals surface area contributed by atoms with Crippen molar-refractivity contribution < 1.29 is 4.92 Å². The van der Waals surface area contributed by atoms with Crippen LogP contribution >= 0.6 is 0 Å². The van der Waals surface area contributed by atoms with Crippen molar-refractivity contribution in [3.05, 3.63) is 58.1 Å². The fourth-order valence-corrected chi connectivity index (χ4v) is 1.75. The number of aromatic nitrogens is 1. The molecule has 0 spiro atoms. The van der Waals surface area contributed by atoms with E-state index in [0.717, 1.165) is 5.56 Å². The molecule has 1 heterocycles. The van der Waals surface area contributed by atoms with Gasteiger partial charge in [-0.2, -0.15) is 0 Å². The molecule has 20 heavy (non-hydrogen) atoms. The summed E-state index contributed by atoms with van der Waals surface area (Å²) < 4.78 is 0. The maximum absolute atomic E-state index is 10.6. The van der Waals surface area contributed by atoms with Gasteiger partial charge in [0.05, 0.1) is 4.92 Å². The molecular formula is C13H15N5O2. The van der Waals surface area contributed by atoms with Gasteiger partial charge >= 0.3 is 5.69 Å². The summed E-state index contributed by atoms with van der Waals surface area (Å²) in [7, 11) is 0. The molecule has 7 nitrogen and oxygen atoms in total. The van der Waals surface area contributed by atoms with Gasteiger partial charge in [0.1, 0.15) is 5.82 Å². The van der Waals surface area contributed by atoms with Crippen molar-refractivity contribution in [1.82, 2.24) is 4.98 Å². The number of nitrogens with two attached hydrogens (primary N) is 2. The second-order valence-electron chi connectivity index (χ2n) is 4.26. The molecule has 7 heteroatoms. The normalized spacial score (nSPS) is 11.8. The van der Waals surface area contributed by atoms with Crippen molar-refractivity contribution >= 4 is 17.3 Å². The Balaban J connectivity index is 2.01. The van der Waals surface area contributed by atoms with E-state index in [-0.39, 0.29) is 17.5 Å². The van der Waals surface area contributed by atoms with Crippen LogP contribution in [0.1, 0.15) is 11.6 Å². The standard InChI is InChI=1S/C13H15N5O2/c14-10(9-4-2-1-3-5-9)8-16-12-7-6-11(18(19)20)13(15)17-12/h1-7,10H,8,14H2,(H3,15,16,17). The van der Waals surface area contributed by atoms with Gasteiger partial charge in [-0.25, -0.2) is 4.98 Å². The molecule has 0 saturated heterocycles. The zero-order valence-corrected chi connectivity index (χ0v) is 10.7. The van der Waals surface area contributed by atoms with Crippen LogP contribution in [0, 0.1) is 10.1 Å². The number of pyridine rings is 1. The summed E-state index contributed by atoms with van der Waals surface area (Å²) in [5, 5.41) is 13.6. The molecule has 0 fully saturated rings. The minimum absolute atomic E-state index is 0.117. The highest BCUT2D eigenvalue weighted by Gasteiger charge is 2.13. The number of hydrogen-bond donors (Lipinski definition) is 3. The Morgan fingerprint density at radius 2 is 1.95 bits per heavy atom. The summed E-state index contributed by atoms with van der Waals surface area (Å²) in [5.41, 5.74) is 12.3. The molecule has 0 amide bonds. The average molecular weight is 273 g/mol. The van der Waals surface area contributed by atoms with E-state index in [0.29, 0.717) is 12.4 Å². The van der Waals surface area contributed by atoms with Crippen molar-refractivity contribution in [1.29, 1.82) is 0 Å². The van der Waals surface area contributed by atoms with E-state index in [1.54, 1.807) is 0 Å². The summed E-state index contributed by atoms with van der Waals surface area (Å²) in [6.07, 6.45) is 0. The third-order valence-electron chi connectivity index (χ3n) is 2.83. The first-order valence-corrected chi connectivity index (χ1v) is 6.03. The highest BCUT2D eigenvalue weighted by atomic mass is 16.6. The second-order valence-corrected chi connectivity index (χ2v) is 4.26. The molecule has 1 atom stereocenters. The number of nitro groups is 1. The topological polar surface area (TPSA) is 120 Å². The highest BCUT2D eigenvalue weighted by molar-refractivity contribution is 5.57. The van der Waals surface area contributed by atoms with Gasteiger partial charge in [-0.05, 0) is 11.6 Å². The molecule has 0 aliphatic rings. The SMILES string of the molecule is Nc1nc(NCC(N)c2ccccc2)ccc1[N+](=O)[O-]. The maximum atomic E-state index is 10.6. The fraction of sp³-hybridized carbons (Fsp3) is 0.154. The fourth-order valence-electron chi connectivity index (χ4n) is 1.75. The number of hydrogen-bond acceptors (Lipinski definition) is 6. The zero-order valence-electron chi connectivity index (χ0n) is 10.7. The monoisotopic (exact) mass is 273 g/mol. The van der Waals surface area contributed by atoms with Gasteiger partial charge in [0.2, 0.25) is 5.82 Å². The van der Waals surface area contributed by atoms with E-state index in [9.17, 15) is 10.1 Å². The van der Waals surface area contributed by atoms with Crippen LogP contribution in [0.25, 0.3) is 0 Å². The molecule has 0 aliphatic carbocycles. The maximum Gasteiger partial charge on any atom is 0.311 e. The van der Waals surface area contributed by atoms with Crippen LogP contribution in [0.4, 0.5) is 17.3 Å². The minimum Gasteiger partial charge on any atom is -0.378 e. The van der Waals surface area contributed by atoms with Crippen LogP contribution in [0.5, 0.6) is 0 Å². The van der Waals surface area contributed by atoms with Crippen molar-refractivity contribution in [2.24, 2.45) is 5.73 Å². The summed E-state index contributed by atoms with van der Waals surface area (Å²) >= 11 is 0. The van der Waals surface area contributed by atoms with Crippen molar-refractivity contribution in [3.63, 3.8) is 0 Å². The molecule has 0 aliphatic heterocycles. The molecular weight excluding hydrogens is 258 g/mol. The third kappa shape index (κ3) is 3.21. The highest BCUT2D eigenvalue weighted by Crippen LogP contribution is 2.21. The van der Waals surface area contributed by atoms with E-state index in [1.807, 2.05) is 30.3 Å². The predicted molar refractivity (Wildman–Crippen MR) is 77.2 cm³/mol. The van der Waals surface area contributed by atoms with Crippen molar-refractivity contribution in [2.45, 2.75) is 6.04 Å². The van der Waals surface area contributed by atoms with E-state index >= 15 is 0 Å². The number of benzene rings is 1. The van der Waals surface area contributed by atoms with E-state index in [2.05, 4.69) is 10.3 Å². The lowest BCUT2D eigenvalue weighted by molar-refractivity contribution is -0.384. The largest absolute Gasteiger partial charge is 0.378 e. The molecule has 1 aromatic heterocycles. The first kappa shape index (κ1) is 13.8. The smallest absolute Gasteiger partial charge is 0.311 e. The second kappa shape index (κ2) is 5.98. The Labute approximate surface area is 115 Å². The number of nitrogens with one attached hydrogen (secondary N) is 1. The molecule has 1 aromatic carbocycles. The molecule has 1 unspecified atom stereocenters. The lowest BCUT2D eigenvalue weighted by Gasteiger charge is -2.13. The van der Waals surface area contributed by atoms with Gasteiger partial charge in [0.15, 0.2) is 0 Å². The number of nitrogen functional groups attached to an aromatic ring is 1. The quantitative estimate of drug-likeness (QED) is 0.563. The van der Waals surface area contributed by atoms with Crippen LogP contribution in [-0.4, -0.2) is 16.5 Å². The lowest BCUT2D eigenvalue weighted by atomic mass is 10.1. The van der Waals surface area contributed by atoms with Gasteiger partial charge in [-0.3, -0.25) is 10.1 Å². The lowest BCUT2D eigenvalue weighted by Crippen LogP contribution is -2.21. The predicted octanol–water partition coefficient (Wildman–Crippen LogP) is 1.68. The van der Waals surface area contributed by atoms with Crippen molar-refractivity contribution in [2.75, 3.05) is 17.6 Å². The van der Waals surface area contributed by atoms with Gasteiger partial charge < -0.3 is 16.8 Å². The van der Waals surface area contributed by atoms with E-state index in [4.69, 9.17) is 11.5 Å². The third-order valence-corrected chi connectivity index (χ3v) is 2.83. The summed E-state index contributed by atoms with van der Waals surface area (Å²) in [6.45, 7) is 0.453. The van der Waals surface area contributed by atoms with Crippen LogP contribution in [0.15, 0.2) is 42.5 Å². The van der Waals surface area contributed by atoms with Crippen LogP contribution < -0.4 is 16.8 Å². The first-order chi connectivity index (χ1) is 9.58. The summed E-state index contributed by atoms with van der Waals surface area (Å²) in [4.78, 5) is 14.0. The Hall–Kier alpha value is -2.67. The van der Waals surface area contributed by atoms with Gasteiger partial charge in [-0.15, -0.1) is 0 Å². The summed E-state index contributed by atoms with van der Waals surface area (Å²) in [5.74, 6) is 0.341. The Morgan fingerprint density at radius 1 is 1.25 bits per heavy atom. The number of rotatable bonds is 5. The molecule has 0 saturated carbocycles. The number of nitrogens with zero attached hydrogens (tertiary/aromatic N) is 2. The van der Waals surface area contributed by atoms with Gasteiger partial charge in [-0.1, -0.05) is 30.3 Å². The number of anilines is 2. The van der Waals surface area contributed by atoms with E-state index in [1.165, 1.54) is 12.1 Å². The molecule has 0 bridgehead atoms. The van der Waals surface area contributed by atoms with Gasteiger partial charge in [0, 0.05) is 18.7 Å². The molecule has 2 aromatic rings. The summed E-state index contributed by atoms with van der Waals surface area (Å²) in [6, 6.07) is 12.2. The van der Waals surface area contributed by atoms with E-state index < -0.39 is 4.92 Å². The molecule has 2 rings (SSSR count). The minimum atomic E-state index is -0.568. The molecule has 104 valence electrons. The Bertz CT molecular complexity index is 603. The van der Waals surface area contributed by atoms with Crippen LogP contribution in [0.2, 0.25) is 0 Å². The van der Waals surface area contributed by atoms with Gasteiger partial charge in [0.25, 0.3) is 0 Å². The molecule has 0 radical (unpaired) electrons. The Morgan fingerprint density at radius 3 is 2.55 bits per heavy atom. The zero-order chi connectivity index (χ0) is 14.5. The van der Waals surface area contributed by atoms with Crippen LogP contribution in [0.3, 0.4) is 0 Å². The first-order valence-electron chi connectivity index (χ1n) is 6.03. The average Bonchev–Trinajstić information content (AvgIpc) is 2.45. The molecule has 5 N–H and O–H groups in total.